The van der Waals surface area contributed by atoms with Crippen LogP contribution in [-0.2, 0) is 16.1 Å². The maximum atomic E-state index is 12.6. The second-order valence-corrected chi connectivity index (χ2v) is 5.73. The van der Waals surface area contributed by atoms with Crippen LogP contribution in [-0.4, -0.2) is 47.7 Å². The van der Waals surface area contributed by atoms with Crippen molar-refractivity contribution < 1.29 is 24.2 Å². The molecule has 6 heteroatoms. The number of amides is 1. The molecule has 1 atom stereocenters. The Morgan fingerprint density at radius 3 is 2.52 bits per heavy atom. The lowest BCUT2D eigenvalue weighted by Crippen LogP contribution is -2.52. The topological polar surface area (TPSA) is 76.1 Å². The van der Waals surface area contributed by atoms with Crippen molar-refractivity contribution in [2.24, 2.45) is 0 Å². The molecule has 0 bridgehead atoms. The van der Waals surface area contributed by atoms with Gasteiger partial charge in [-0.15, -0.1) is 0 Å². The van der Waals surface area contributed by atoms with Crippen molar-refractivity contribution in [1.82, 2.24) is 4.90 Å². The number of morpholine rings is 1. The summed E-state index contributed by atoms with van der Waals surface area (Å²) in [6, 6.07) is 15.5. The molecule has 1 aliphatic rings. The van der Waals surface area contributed by atoms with Crippen LogP contribution in [0.25, 0.3) is 0 Å². The molecule has 0 spiro atoms. The molecule has 0 aromatic heterocycles. The number of nitrogens with zero attached hydrogens (tertiary/aromatic N) is 1. The monoisotopic (exact) mass is 341 g/mol. The predicted molar refractivity (Wildman–Crippen MR) is 90.5 cm³/mol. The van der Waals surface area contributed by atoms with E-state index in [-0.39, 0.29) is 19.1 Å². The fourth-order valence-corrected chi connectivity index (χ4v) is 2.64. The molecule has 2 aromatic rings. The highest BCUT2D eigenvalue weighted by Gasteiger charge is 2.33. The Balaban J connectivity index is 1.65. The molecule has 130 valence electrons. The van der Waals surface area contributed by atoms with E-state index in [0.29, 0.717) is 18.8 Å². The van der Waals surface area contributed by atoms with Crippen LogP contribution in [0.1, 0.15) is 15.9 Å². The Morgan fingerprint density at radius 2 is 1.84 bits per heavy atom. The number of carboxylic acid groups (broad SMARTS) is 1. The summed E-state index contributed by atoms with van der Waals surface area (Å²) in [5, 5.41) is 9.24. The first-order valence-electron chi connectivity index (χ1n) is 8.03. The fourth-order valence-electron chi connectivity index (χ4n) is 2.64. The van der Waals surface area contributed by atoms with E-state index in [0.717, 1.165) is 11.3 Å². The van der Waals surface area contributed by atoms with Gasteiger partial charge in [-0.2, -0.15) is 0 Å². The van der Waals surface area contributed by atoms with Gasteiger partial charge >= 0.3 is 5.97 Å². The third kappa shape index (κ3) is 4.16. The first kappa shape index (κ1) is 17.0. The molecule has 1 aliphatic heterocycles. The number of carbonyl (C=O) groups excluding carboxylic acids is 1. The summed E-state index contributed by atoms with van der Waals surface area (Å²) in [7, 11) is 0. The van der Waals surface area contributed by atoms with Gasteiger partial charge in [0.05, 0.1) is 13.2 Å². The molecule has 0 saturated carbocycles. The zero-order valence-electron chi connectivity index (χ0n) is 13.6. The van der Waals surface area contributed by atoms with E-state index < -0.39 is 12.0 Å². The summed E-state index contributed by atoms with van der Waals surface area (Å²) in [6.07, 6.45) is 0. The smallest absolute Gasteiger partial charge is 0.328 e. The van der Waals surface area contributed by atoms with Crippen LogP contribution < -0.4 is 4.74 Å². The molecule has 0 radical (unpaired) electrons. The molecule has 1 N–H and O–H groups in total. The second-order valence-electron chi connectivity index (χ2n) is 5.73. The minimum absolute atomic E-state index is 0.0179. The Bertz CT molecular complexity index is 729. The zero-order valence-corrected chi connectivity index (χ0v) is 13.6. The number of para-hydroxylation sites is 1. The van der Waals surface area contributed by atoms with Gasteiger partial charge in [-0.3, -0.25) is 4.79 Å². The van der Waals surface area contributed by atoms with E-state index in [1.54, 1.807) is 12.1 Å². The largest absolute Gasteiger partial charge is 0.489 e. The molecule has 2 aromatic carbocycles. The van der Waals surface area contributed by atoms with Gasteiger partial charge in [0.2, 0.25) is 0 Å². The number of benzene rings is 2. The Morgan fingerprint density at radius 1 is 1.12 bits per heavy atom. The van der Waals surface area contributed by atoms with Gasteiger partial charge in [-0.25, -0.2) is 4.79 Å². The second kappa shape index (κ2) is 7.81. The number of hydrogen-bond donors (Lipinski definition) is 1. The van der Waals surface area contributed by atoms with Crippen molar-refractivity contribution in [2.75, 3.05) is 19.8 Å². The number of aliphatic carboxylic acids is 1. The SMILES string of the molecule is O=C(O)[C@@H]1COCCN1C(=O)c1ccc(COc2ccccc2)cc1. The number of carboxylic acids is 1. The summed E-state index contributed by atoms with van der Waals surface area (Å²) >= 11 is 0. The molecule has 0 unspecified atom stereocenters. The highest BCUT2D eigenvalue weighted by molar-refractivity contribution is 5.96. The van der Waals surface area contributed by atoms with Crippen LogP contribution in [0.15, 0.2) is 54.6 Å². The van der Waals surface area contributed by atoms with Crippen LogP contribution in [0.4, 0.5) is 0 Å². The van der Waals surface area contributed by atoms with Gasteiger partial charge in [-0.1, -0.05) is 30.3 Å². The molecular formula is C19H19NO5. The molecular weight excluding hydrogens is 322 g/mol. The molecule has 3 rings (SSSR count). The van der Waals surface area contributed by atoms with Gasteiger partial charge in [0.25, 0.3) is 5.91 Å². The lowest BCUT2D eigenvalue weighted by atomic mass is 10.1. The minimum Gasteiger partial charge on any atom is -0.489 e. The van der Waals surface area contributed by atoms with E-state index in [1.165, 1.54) is 4.90 Å². The molecule has 25 heavy (non-hydrogen) atoms. The molecule has 1 amide bonds. The highest BCUT2D eigenvalue weighted by atomic mass is 16.5. The third-order valence-corrected chi connectivity index (χ3v) is 4.02. The average Bonchev–Trinajstić information content (AvgIpc) is 2.67. The van der Waals surface area contributed by atoms with E-state index in [1.807, 2.05) is 42.5 Å². The van der Waals surface area contributed by atoms with Crippen LogP contribution >= 0.6 is 0 Å². The summed E-state index contributed by atoms with van der Waals surface area (Å²) in [6.45, 7) is 1.03. The lowest BCUT2D eigenvalue weighted by Gasteiger charge is -2.32. The quantitative estimate of drug-likeness (QED) is 0.902. The van der Waals surface area contributed by atoms with Crippen molar-refractivity contribution in [1.29, 1.82) is 0 Å². The minimum atomic E-state index is -1.05. The third-order valence-electron chi connectivity index (χ3n) is 4.02. The van der Waals surface area contributed by atoms with Gasteiger partial charge in [0.15, 0.2) is 6.04 Å². The van der Waals surface area contributed by atoms with Crippen LogP contribution in [0.2, 0.25) is 0 Å². The van der Waals surface area contributed by atoms with Gasteiger partial charge < -0.3 is 19.5 Å². The summed E-state index contributed by atoms with van der Waals surface area (Å²) in [5.41, 5.74) is 1.38. The highest BCUT2D eigenvalue weighted by Crippen LogP contribution is 2.15. The number of rotatable bonds is 5. The van der Waals surface area contributed by atoms with Gasteiger partial charge in [-0.05, 0) is 29.8 Å². The summed E-state index contributed by atoms with van der Waals surface area (Å²) in [5.74, 6) is -0.576. The van der Waals surface area contributed by atoms with Crippen molar-refractivity contribution in [3.05, 3.63) is 65.7 Å². The molecule has 1 heterocycles. The van der Waals surface area contributed by atoms with E-state index in [9.17, 15) is 14.7 Å². The first-order chi connectivity index (χ1) is 12.1. The van der Waals surface area contributed by atoms with E-state index in [2.05, 4.69) is 0 Å². The van der Waals surface area contributed by atoms with Crippen molar-refractivity contribution in [2.45, 2.75) is 12.6 Å². The Kier molecular flexibility index (Phi) is 5.30. The number of hydrogen-bond acceptors (Lipinski definition) is 4. The Hall–Kier alpha value is -2.86. The van der Waals surface area contributed by atoms with E-state index in [4.69, 9.17) is 9.47 Å². The van der Waals surface area contributed by atoms with Crippen molar-refractivity contribution in [3.8, 4) is 5.75 Å². The predicted octanol–water partition coefficient (Wildman–Crippen LogP) is 2.19. The van der Waals surface area contributed by atoms with Gasteiger partial charge in [0, 0.05) is 12.1 Å². The standard InChI is InChI=1S/C19H19NO5/c21-18(20-10-11-24-13-17(20)19(22)23)15-8-6-14(7-9-15)12-25-16-4-2-1-3-5-16/h1-9,17H,10-13H2,(H,22,23)/t17-/m0/s1. The molecule has 0 aliphatic carbocycles. The zero-order chi connectivity index (χ0) is 17.6. The fraction of sp³-hybridized carbons (Fsp3) is 0.263. The number of ether oxygens (including phenoxy) is 2. The molecule has 1 saturated heterocycles. The van der Waals surface area contributed by atoms with Crippen LogP contribution in [0.5, 0.6) is 5.75 Å². The van der Waals surface area contributed by atoms with Crippen molar-refractivity contribution >= 4 is 11.9 Å². The maximum Gasteiger partial charge on any atom is 0.328 e. The first-order valence-corrected chi connectivity index (χ1v) is 8.03. The molecule has 1 fully saturated rings. The van der Waals surface area contributed by atoms with E-state index >= 15 is 0 Å². The lowest BCUT2D eigenvalue weighted by molar-refractivity contribution is -0.147. The van der Waals surface area contributed by atoms with Gasteiger partial charge in [0.1, 0.15) is 12.4 Å². The van der Waals surface area contributed by atoms with Crippen molar-refractivity contribution in [3.63, 3.8) is 0 Å². The normalized spacial score (nSPS) is 17.1. The van der Waals surface area contributed by atoms with Crippen LogP contribution in [0, 0.1) is 0 Å². The Labute approximate surface area is 145 Å². The summed E-state index contributed by atoms with van der Waals surface area (Å²) < 4.78 is 10.8. The van der Waals surface area contributed by atoms with Crippen LogP contribution in [0.3, 0.4) is 0 Å². The number of carbonyl (C=O) groups is 2. The average molecular weight is 341 g/mol. The summed E-state index contributed by atoms with van der Waals surface area (Å²) in [4.78, 5) is 25.2. The maximum absolute atomic E-state index is 12.6. The molecule has 6 nitrogen and oxygen atoms in total.